The summed E-state index contributed by atoms with van der Waals surface area (Å²) in [4.78, 5) is 11.6. The normalized spacial score (nSPS) is 12.2. The van der Waals surface area contributed by atoms with Crippen LogP contribution in [0.15, 0.2) is 24.3 Å². The van der Waals surface area contributed by atoms with Crippen molar-refractivity contribution < 1.29 is 9.90 Å². The minimum absolute atomic E-state index is 0.188. The smallest absolute Gasteiger partial charge is 0.251 e. The fourth-order valence-electron chi connectivity index (χ4n) is 1.35. The van der Waals surface area contributed by atoms with Gasteiger partial charge in [0.15, 0.2) is 0 Å². The third-order valence-electron chi connectivity index (χ3n) is 2.23. The first-order chi connectivity index (χ1) is 7.63. The van der Waals surface area contributed by atoms with Crippen molar-refractivity contribution in [2.75, 3.05) is 6.54 Å². The topological polar surface area (TPSA) is 49.3 Å². The van der Waals surface area contributed by atoms with Crippen molar-refractivity contribution in [3.05, 3.63) is 34.9 Å². The van der Waals surface area contributed by atoms with Gasteiger partial charge in [0, 0.05) is 17.1 Å². The highest BCUT2D eigenvalue weighted by Crippen LogP contribution is 2.09. The zero-order valence-electron chi connectivity index (χ0n) is 9.24. The van der Waals surface area contributed by atoms with E-state index >= 15 is 0 Å². The van der Waals surface area contributed by atoms with Crippen LogP contribution in [0.3, 0.4) is 0 Å². The second-order valence-corrected chi connectivity index (χ2v) is 4.10. The van der Waals surface area contributed by atoms with E-state index in [2.05, 4.69) is 5.32 Å². The van der Waals surface area contributed by atoms with Crippen molar-refractivity contribution in [1.82, 2.24) is 5.32 Å². The summed E-state index contributed by atoms with van der Waals surface area (Å²) in [7, 11) is 0. The van der Waals surface area contributed by atoms with E-state index < -0.39 is 6.10 Å². The summed E-state index contributed by atoms with van der Waals surface area (Å²) in [6.07, 6.45) is 1.13. The maximum atomic E-state index is 11.6. The summed E-state index contributed by atoms with van der Waals surface area (Å²) >= 11 is 5.71. The van der Waals surface area contributed by atoms with Crippen LogP contribution >= 0.6 is 11.6 Å². The molecule has 0 radical (unpaired) electrons. The first-order valence-corrected chi connectivity index (χ1v) is 5.73. The fourth-order valence-corrected chi connectivity index (χ4v) is 1.48. The summed E-state index contributed by atoms with van der Waals surface area (Å²) in [5.74, 6) is -0.188. The molecule has 1 unspecified atom stereocenters. The molecule has 0 aliphatic heterocycles. The van der Waals surface area contributed by atoms with Gasteiger partial charge in [0.2, 0.25) is 0 Å². The number of rotatable bonds is 5. The Kier molecular flexibility index (Phi) is 5.29. The lowest BCUT2D eigenvalue weighted by Crippen LogP contribution is -2.31. The molecule has 1 aromatic carbocycles. The Morgan fingerprint density at radius 2 is 2.06 bits per heavy atom. The van der Waals surface area contributed by atoms with Crippen LogP contribution in [-0.2, 0) is 0 Å². The van der Waals surface area contributed by atoms with E-state index in [0.717, 1.165) is 6.42 Å². The van der Waals surface area contributed by atoms with Crippen molar-refractivity contribution in [3.63, 3.8) is 0 Å². The second kappa shape index (κ2) is 6.51. The number of amides is 1. The van der Waals surface area contributed by atoms with E-state index in [1.165, 1.54) is 0 Å². The minimum Gasteiger partial charge on any atom is -0.391 e. The van der Waals surface area contributed by atoms with Gasteiger partial charge >= 0.3 is 0 Å². The SMILES string of the molecule is CCCC(O)CNC(=O)c1ccc(Cl)cc1. The summed E-state index contributed by atoms with van der Waals surface area (Å²) in [6, 6.07) is 6.64. The van der Waals surface area contributed by atoms with Gasteiger partial charge in [-0.25, -0.2) is 0 Å². The van der Waals surface area contributed by atoms with Crippen LogP contribution < -0.4 is 5.32 Å². The molecule has 0 aromatic heterocycles. The lowest BCUT2D eigenvalue weighted by atomic mass is 10.2. The van der Waals surface area contributed by atoms with Crippen LogP contribution in [-0.4, -0.2) is 23.7 Å². The zero-order valence-corrected chi connectivity index (χ0v) is 10.00. The van der Waals surface area contributed by atoms with Gasteiger partial charge in [0.05, 0.1) is 6.10 Å². The highest BCUT2D eigenvalue weighted by atomic mass is 35.5. The van der Waals surface area contributed by atoms with Gasteiger partial charge < -0.3 is 10.4 Å². The van der Waals surface area contributed by atoms with Crippen LogP contribution in [0.2, 0.25) is 5.02 Å². The Bertz CT molecular complexity index is 337. The quantitative estimate of drug-likeness (QED) is 0.831. The van der Waals surface area contributed by atoms with Gasteiger partial charge in [-0.2, -0.15) is 0 Å². The Balaban J connectivity index is 2.43. The van der Waals surface area contributed by atoms with Crippen LogP contribution in [0.4, 0.5) is 0 Å². The second-order valence-electron chi connectivity index (χ2n) is 3.66. The van der Waals surface area contributed by atoms with Crippen molar-refractivity contribution >= 4 is 17.5 Å². The van der Waals surface area contributed by atoms with Gasteiger partial charge in [-0.05, 0) is 30.7 Å². The summed E-state index contributed by atoms with van der Waals surface area (Å²) in [5, 5.41) is 12.7. The van der Waals surface area contributed by atoms with E-state index in [-0.39, 0.29) is 12.5 Å². The van der Waals surface area contributed by atoms with Crippen molar-refractivity contribution in [1.29, 1.82) is 0 Å². The third kappa shape index (κ3) is 4.21. The average Bonchev–Trinajstić information content (AvgIpc) is 2.27. The Morgan fingerprint density at radius 1 is 1.44 bits per heavy atom. The number of benzene rings is 1. The number of halogens is 1. The maximum absolute atomic E-state index is 11.6. The van der Waals surface area contributed by atoms with Crippen LogP contribution in [0.5, 0.6) is 0 Å². The molecule has 0 saturated heterocycles. The molecular weight excluding hydrogens is 226 g/mol. The lowest BCUT2D eigenvalue weighted by Gasteiger charge is -2.10. The summed E-state index contributed by atoms with van der Waals surface area (Å²) in [5.41, 5.74) is 0.549. The van der Waals surface area contributed by atoms with E-state index in [4.69, 9.17) is 11.6 Å². The van der Waals surface area contributed by atoms with E-state index in [1.54, 1.807) is 24.3 Å². The molecule has 0 saturated carbocycles. The highest BCUT2D eigenvalue weighted by Gasteiger charge is 2.07. The lowest BCUT2D eigenvalue weighted by molar-refractivity contribution is 0.0910. The minimum atomic E-state index is -0.471. The fraction of sp³-hybridized carbons (Fsp3) is 0.417. The van der Waals surface area contributed by atoms with Crippen LogP contribution in [0.1, 0.15) is 30.1 Å². The molecule has 16 heavy (non-hydrogen) atoms. The van der Waals surface area contributed by atoms with Crippen molar-refractivity contribution in [2.24, 2.45) is 0 Å². The number of aliphatic hydroxyl groups excluding tert-OH is 1. The summed E-state index contributed by atoms with van der Waals surface area (Å²) in [6.45, 7) is 2.28. The molecular formula is C12H16ClNO2. The molecule has 0 fully saturated rings. The Labute approximate surface area is 100 Å². The Hall–Kier alpha value is -1.06. The molecule has 4 heteroatoms. The monoisotopic (exact) mass is 241 g/mol. The Morgan fingerprint density at radius 3 is 2.62 bits per heavy atom. The average molecular weight is 242 g/mol. The molecule has 0 heterocycles. The van der Waals surface area contributed by atoms with Gasteiger partial charge in [0.1, 0.15) is 0 Å². The molecule has 0 aliphatic carbocycles. The molecule has 1 amide bonds. The largest absolute Gasteiger partial charge is 0.391 e. The van der Waals surface area contributed by atoms with Crippen molar-refractivity contribution in [3.8, 4) is 0 Å². The first kappa shape index (κ1) is 13.0. The third-order valence-corrected chi connectivity index (χ3v) is 2.48. The predicted octanol–water partition coefficient (Wildman–Crippen LogP) is 2.23. The molecule has 0 bridgehead atoms. The van der Waals surface area contributed by atoms with E-state index in [9.17, 15) is 9.90 Å². The van der Waals surface area contributed by atoms with E-state index in [0.29, 0.717) is 17.0 Å². The molecule has 0 spiro atoms. The highest BCUT2D eigenvalue weighted by molar-refractivity contribution is 6.30. The van der Waals surface area contributed by atoms with Crippen LogP contribution in [0.25, 0.3) is 0 Å². The molecule has 2 N–H and O–H groups in total. The summed E-state index contributed by atoms with van der Waals surface area (Å²) < 4.78 is 0. The number of nitrogens with one attached hydrogen (secondary N) is 1. The van der Waals surface area contributed by atoms with Gasteiger partial charge in [0.25, 0.3) is 5.91 Å². The number of hydrogen-bond acceptors (Lipinski definition) is 2. The molecule has 1 rings (SSSR count). The van der Waals surface area contributed by atoms with Gasteiger partial charge in [-0.1, -0.05) is 24.9 Å². The number of carbonyl (C=O) groups excluding carboxylic acids is 1. The van der Waals surface area contributed by atoms with Crippen LogP contribution in [0, 0.1) is 0 Å². The number of carbonyl (C=O) groups is 1. The molecule has 88 valence electrons. The first-order valence-electron chi connectivity index (χ1n) is 5.35. The van der Waals surface area contributed by atoms with Gasteiger partial charge in [-0.3, -0.25) is 4.79 Å². The zero-order chi connectivity index (χ0) is 12.0. The number of aliphatic hydroxyl groups is 1. The van der Waals surface area contributed by atoms with Gasteiger partial charge in [-0.15, -0.1) is 0 Å². The van der Waals surface area contributed by atoms with E-state index in [1.807, 2.05) is 6.92 Å². The molecule has 1 atom stereocenters. The van der Waals surface area contributed by atoms with Crippen molar-refractivity contribution in [2.45, 2.75) is 25.9 Å². The molecule has 3 nitrogen and oxygen atoms in total. The molecule has 0 aliphatic rings. The number of hydrogen-bond donors (Lipinski definition) is 2. The standard InChI is InChI=1S/C12H16ClNO2/c1-2-3-11(15)8-14-12(16)9-4-6-10(13)7-5-9/h4-7,11,15H,2-3,8H2,1H3,(H,14,16). The predicted molar refractivity (Wildman–Crippen MR) is 64.7 cm³/mol. The molecule has 1 aromatic rings. The maximum Gasteiger partial charge on any atom is 0.251 e.